The molecular weight excluding hydrogens is 188 g/mol. The molecule has 15 heavy (non-hydrogen) atoms. The smallest absolute Gasteiger partial charge is 0.0558 e. The van der Waals surface area contributed by atoms with Crippen LogP contribution in [0.4, 0.5) is 0 Å². The Kier molecular flexibility index (Phi) is 4.42. The third kappa shape index (κ3) is 4.09. The van der Waals surface area contributed by atoms with Gasteiger partial charge in [-0.05, 0) is 57.2 Å². The van der Waals surface area contributed by atoms with Gasteiger partial charge >= 0.3 is 0 Å². The van der Waals surface area contributed by atoms with Crippen LogP contribution in [0.25, 0.3) is 0 Å². The lowest BCUT2D eigenvalue weighted by Gasteiger charge is -2.32. The normalized spacial score (nSPS) is 28.2. The number of aliphatic hydroxyl groups is 1. The second-order valence-corrected chi connectivity index (χ2v) is 5.13. The SMILES string of the molecule is OCCN1CCCC(CNCC2CC2)C1. The van der Waals surface area contributed by atoms with Gasteiger partial charge in [0.1, 0.15) is 0 Å². The van der Waals surface area contributed by atoms with Crippen molar-refractivity contribution < 1.29 is 5.11 Å². The van der Waals surface area contributed by atoms with Gasteiger partial charge in [-0.2, -0.15) is 0 Å². The summed E-state index contributed by atoms with van der Waals surface area (Å²) in [5.74, 6) is 1.80. The fraction of sp³-hybridized carbons (Fsp3) is 1.00. The summed E-state index contributed by atoms with van der Waals surface area (Å²) in [5, 5.41) is 12.5. The zero-order valence-electron chi connectivity index (χ0n) is 9.62. The Bertz CT molecular complexity index is 180. The van der Waals surface area contributed by atoms with Crippen molar-refractivity contribution in [1.82, 2.24) is 10.2 Å². The highest BCUT2D eigenvalue weighted by Crippen LogP contribution is 2.27. The number of aliphatic hydroxyl groups excluding tert-OH is 1. The molecule has 3 heteroatoms. The summed E-state index contributed by atoms with van der Waals surface area (Å²) < 4.78 is 0. The van der Waals surface area contributed by atoms with Crippen molar-refractivity contribution in [2.45, 2.75) is 25.7 Å². The number of piperidine rings is 1. The van der Waals surface area contributed by atoms with Crippen molar-refractivity contribution in [2.75, 3.05) is 39.3 Å². The summed E-state index contributed by atoms with van der Waals surface area (Å²) in [6.07, 6.45) is 5.54. The first-order valence-corrected chi connectivity index (χ1v) is 6.42. The Balaban J connectivity index is 1.58. The van der Waals surface area contributed by atoms with Crippen LogP contribution in [0.5, 0.6) is 0 Å². The van der Waals surface area contributed by atoms with Crippen molar-refractivity contribution in [2.24, 2.45) is 11.8 Å². The molecule has 88 valence electrons. The van der Waals surface area contributed by atoms with Crippen molar-refractivity contribution in [3.8, 4) is 0 Å². The molecule has 2 aliphatic rings. The molecule has 0 bridgehead atoms. The molecule has 0 radical (unpaired) electrons. The van der Waals surface area contributed by atoms with Gasteiger partial charge in [-0.15, -0.1) is 0 Å². The maximum absolute atomic E-state index is 8.90. The number of likely N-dealkylation sites (tertiary alicyclic amines) is 1. The minimum atomic E-state index is 0.308. The van der Waals surface area contributed by atoms with Crippen LogP contribution in [0.3, 0.4) is 0 Å². The second-order valence-electron chi connectivity index (χ2n) is 5.13. The predicted molar refractivity (Wildman–Crippen MR) is 61.8 cm³/mol. The summed E-state index contributed by atoms with van der Waals surface area (Å²) in [7, 11) is 0. The summed E-state index contributed by atoms with van der Waals surface area (Å²) in [5.41, 5.74) is 0. The summed E-state index contributed by atoms with van der Waals surface area (Å²) in [6.45, 7) is 5.94. The first-order valence-electron chi connectivity index (χ1n) is 6.42. The minimum Gasteiger partial charge on any atom is -0.395 e. The molecule has 2 N–H and O–H groups in total. The lowest BCUT2D eigenvalue weighted by Crippen LogP contribution is -2.41. The summed E-state index contributed by atoms with van der Waals surface area (Å²) in [4.78, 5) is 2.40. The molecule has 0 aromatic heterocycles. The molecule has 3 nitrogen and oxygen atoms in total. The molecule has 0 spiro atoms. The predicted octanol–water partition coefficient (Wildman–Crippen LogP) is 0.690. The first-order chi connectivity index (χ1) is 7.38. The topological polar surface area (TPSA) is 35.5 Å². The molecule has 0 amide bonds. The number of nitrogens with one attached hydrogen (secondary N) is 1. The number of hydrogen-bond acceptors (Lipinski definition) is 3. The fourth-order valence-corrected chi connectivity index (χ4v) is 2.48. The van der Waals surface area contributed by atoms with E-state index in [0.29, 0.717) is 6.61 Å². The number of β-amino-alcohol motifs (C(OH)–C–C–N with tert-alkyl or cyclic N) is 1. The average molecular weight is 212 g/mol. The van der Waals surface area contributed by atoms with E-state index in [-0.39, 0.29) is 0 Å². The molecule has 1 saturated carbocycles. The van der Waals surface area contributed by atoms with Gasteiger partial charge in [-0.1, -0.05) is 0 Å². The van der Waals surface area contributed by atoms with Crippen LogP contribution < -0.4 is 5.32 Å². The van der Waals surface area contributed by atoms with E-state index < -0.39 is 0 Å². The van der Waals surface area contributed by atoms with Gasteiger partial charge in [-0.3, -0.25) is 0 Å². The molecule has 0 aromatic rings. The van der Waals surface area contributed by atoms with Crippen molar-refractivity contribution in [3.05, 3.63) is 0 Å². The Labute approximate surface area is 92.8 Å². The Morgan fingerprint density at radius 1 is 1.13 bits per heavy atom. The third-order valence-electron chi connectivity index (χ3n) is 3.58. The van der Waals surface area contributed by atoms with Crippen LogP contribution in [0.1, 0.15) is 25.7 Å². The largest absolute Gasteiger partial charge is 0.395 e. The van der Waals surface area contributed by atoms with E-state index >= 15 is 0 Å². The van der Waals surface area contributed by atoms with Crippen molar-refractivity contribution in [3.63, 3.8) is 0 Å². The summed E-state index contributed by atoms with van der Waals surface area (Å²) in [6, 6.07) is 0. The van der Waals surface area contributed by atoms with E-state index in [9.17, 15) is 0 Å². The van der Waals surface area contributed by atoms with Crippen LogP contribution in [0.2, 0.25) is 0 Å². The molecule has 1 saturated heterocycles. The van der Waals surface area contributed by atoms with Gasteiger partial charge in [0.15, 0.2) is 0 Å². The van der Waals surface area contributed by atoms with E-state index in [1.807, 2.05) is 0 Å². The van der Waals surface area contributed by atoms with Gasteiger partial charge < -0.3 is 15.3 Å². The highest BCUT2D eigenvalue weighted by Gasteiger charge is 2.22. The Morgan fingerprint density at radius 2 is 1.93 bits per heavy atom. The number of nitrogens with zero attached hydrogens (tertiary/aromatic N) is 1. The molecule has 2 fully saturated rings. The third-order valence-corrected chi connectivity index (χ3v) is 3.58. The molecule has 1 heterocycles. The van der Waals surface area contributed by atoms with Gasteiger partial charge in [0.25, 0.3) is 0 Å². The van der Waals surface area contributed by atoms with Crippen LogP contribution in [-0.2, 0) is 0 Å². The lowest BCUT2D eigenvalue weighted by molar-refractivity contribution is 0.139. The molecule has 1 aliphatic heterocycles. The van der Waals surface area contributed by atoms with Gasteiger partial charge in [0, 0.05) is 13.1 Å². The van der Waals surface area contributed by atoms with Gasteiger partial charge in [0.2, 0.25) is 0 Å². The lowest BCUT2D eigenvalue weighted by atomic mass is 9.98. The van der Waals surface area contributed by atoms with Crippen LogP contribution in [0, 0.1) is 11.8 Å². The van der Waals surface area contributed by atoms with Crippen LogP contribution in [0.15, 0.2) is 0 Å². The monoisotopic (exact) mass is 212 g/mol. The Morgan fingerprint density at radius 3 is 2.67 bits per heavy atom. The standard InChI is InChI=1S/C12H24N2O/c15-7-6-14-5-1-2-12(10-14)9-13-8-11-3-4-11/h11-13,15H,1-10H2. The molecule has 1 unspecified atom stereocenters. The molecule has 1 atom stereocenters. The van der Waals surface area contributed by atoms with E-state index in [1.165, 1.54) is 51.9 Å². The molecular formula is C12H24N2O. The second kappa shape index (κ2) is 5.83. The van der Waals surface area contributed by atoms with Gasteiger partial charge in [0.05, 0.1) is 6.61 Å². The van der Waals surface area contributed by atoms with Crippen molar-refractivity contribution in [1.29, 1.82) is 0 Å². The fourth-order valence-electron chi connectivity index (χ4n) is 2.48. The van der Waals surface area contributed by atoms with E-state index in [0.717, 1.165) is 18.4 Å². The Hall–Kier alpha value is -0.120. The van der Waals surface area contributed by atoms with Crippen molar-refractivity contribution >= 4 is 0 Å². The van der Waals surface area contributed by atoms with Gasteiger partial charge in [-0.25, -0.2) is 0 Å². The highest BCUT2D eigenvalue weighted by molar-refractivity contribution is 4.78. The summed E-state index contributed by atoms with van der Waals surface area (Å²) >= 11 is 0. The number of hydrogen-bond donors (Lipinski definition) is 2. The zero-order chi connectivity index (χ0) is 10.5. The maximum atomic E-state index is 8.90. The van der Waals surface area contributed by atoms with E-state index in [1.54, 1.807) is 0 Å². The van der Waals surface area contributed by atoms with E-state index in [4.69, 9.17) is 5.11 Å². The van der Waals surface area contributed by atoms with E-state index in [2.05, 4.69) is 10.2 Å². The minimum absolute atomic E-state index is 0.308. The van der Waals surface area contributed by atoms with Crippen LogP contribution >= 0.6 is 0 Å². The molecule has 0 aromatic carbocycles. The highest BCUT2D eigenvalue weighted by atomic mass is 16.3. The average Bonchev–Trinajstić information content (AvgIpc) is 3.03. The quantitative estimate of drug-likeness (QED) is 0.680. The number of rotatable bonds is 6. The molecule has 1 aliphatic carbocycles. The molecule has 2 rings (SSSR count). The van der Waals surface area contributed by atoms with Crippen LogP contribution in [-0.4, -0.2) is 49.3 Å². The zero-order valence-corrected chi connectivity index (χ0v) is 9.62. The first kappa shape index (κ1) is 11.4. The maximum Gasteiger partial charge on any atom is 0.0558 e.